The molecule has 176 valence electrons. The standard InChI is InChI=1S/C26H19ClN2O6/c1-15(30)28-19-10-11-20-17(12-24(31)35-23(20)13-19)14-34-26(33)21-4-2-3-5-22(21)29-25(32)16-6-8-18(27)9-7-16/h2-13H,14H2,1H3,(H,28,30)(H,29,32). The van der Waals surface area contributed by atoms with Crippen molar-refractivity contribution in [3.05, 3.63) is 105 Å². The van der Waals surface area contributed by atoms with Gasteiger partial charge in [-0.05, 0) is 48.5 Å². The lowest BCUT2D eigenvalue weighted by atomic mass is 10.1. The van der Waals surface area contributed by atoms with E-state index in [1.54, 1.807) is 54.6 Å². The Hall–Kier alpha value is -4.43. The van der Waals surface area contributed by atoms with Crippen LogP contribution in [-0.4, -0.2) is 17.8 Å². The third-order valence-electron chi connectivity index (χ3n) is 5.01. The maximum Gasteiger partial charge on any atom is 0.340 e. The number of amides is 2. The molecule has 0 fully saturated rings. The molecule has 1 aromatic heterocycles. The van der Waals surface area contributed by atoms with Crippen molar-refractivity contribution in [2.24, 2.45) is 0 Å². The van der Waals surface area contributed by atoms with Gasteiger partial charge >= 0.3 is 11.6 Å². The summed E-state index contributed by atoms with van der Waals surface area (Å²) in [5.74, 6) is -1.37. The molecular formula is C26H19ClN2O6. The summed E-state index contributed by atoms with van der Waals surface area (Å²) in [7, 11) is 0. The van der Waals surface area contributed by atoms with Gasteiger partial charge in [-0.2, -0.15) is 0 Å². The minimum Gasteiger partial charge on any atom is -0.457 e. The van der Waals surface area contributed by atoms with Crippen molar-refractivity contribution in [3.63, 3.8) is 0 Å². The number of benzene rings is 3. The highest BCUT2D eigenvalue weighted by Gasteiger charge is 2.17. The van der Waals surface area contributed by atoms with Crippen molar-refractivity contribution in [1.82, 2.24) is 0 Å². The average Bonchev–Trinajstić information content (AvgIpc) is 2.82. The Labute approximate surface area is 204 Å². The summed E-state index contributed by atoms with van der Waals surface area (Å²) in [5.41, 5.74) is 1.31. The predicted octanol–water partition coefficient (Wildman–Crippen LogP) is 5.01. The Morgan fingerprint density at radius 1 is 0.943 bits per heavy atom. The van der Waals surface area contributed by atoms with E-state index >= 15 is 0 Å². The molecular weight excluding hydrogens is 472 g/mol. The molecule has 0 radical (unpaired) electrons. The molecule has 2 amide bonds. The highest BCUT2D eigenvalue weighted by Crippen LogP contribution is 2.23. The van der Waals surface area contributed by atoms with Crippen molar-refractivity contribution in [2.75, 3.05) is 10.6 Å². The number of ether oxygens (including phenoxy) is 1. The topological polar surface area (TPSA) is 115 Å². The van der Waals surface area contributed by atoms with Crippen molar-refractivity contribution in [1.29, 1.82) is 0 Å². The SMILES string of the molecule is CC(=O)Nc1ccc2c(COC(=O)c3ccccc3NC(=O)c3ccc(Cl)cc3)cc(=O)oc2c1. The second-order valence-electron chi connectivity index (χ2n) is 7.57. The average molecular weight is 491 g/mol. The normalized spacial score (nSPS) is 10.6. The molecule has 0 saturated heterocycles. The number of esters is 1. The van der Waals surface area contributed by atoms with Gasteiger partial charge in [-0.1, -0.05) is 23.7 Å². The maximum absolute atomic E-state index is 12.9. The third kappa shape index (κ3) is 5.74. The summed E-state index contributed by atoms with van der Waals surface area (Å²) < 4.78 is 10.7. The lowest BCUT2D eigenvalue weighted by molar-refractivity contribution is -0.114. The van der Waals surface area contributed by atoms with Crippen molar-refractivity contribution >= 4 is 51.7 Å². The zero-order chi connectivity index (χ0) is 24.9. The number of hydrogen-bond acceptors (Lipinski definition) is 6. The Kier molecular flexibility index (Phi) is 6.93. The second kappa shape index (κ2) is 10.2. The Balaban J connectivity index is 1.53. The van der Waals surface area contributed by atoms with Gasteiger partial charge < -0.3 is 19.8 Å². The van der Waals surface area contributed by atoms with Crippen LogP contribution in [0.3, 0.4) is 0 Å². The first-order chi connectivity index (χ1) is 16.8. The number of rotatable bonds is 6. The number of nitrogens with one attached hydrogen (secondary N) is 2. The summed E-state index contributed by atoms with van der Waals surface area (Å²) >= 11 is 5.87. The molecule has 0 bridgehead atoms. The van der Waals surface area contributed by atoms with Crippen LogP contribution in [0.15, 0.2) is 82.0 Å². The highest BCUT2D eigenvalue weighted by atomic mass is 35.5. The van der Waals surface area contributed by atoms with E-state index in [1.165, 1.54) is 25.1 Å². The van der Waals surface area contributed by atoms with Crippen LogP contribution < -0.4 is 16.3 Å². The lowest BCUT2D eigenvalue weighted by Gasteiger charge is -2.12. The number of hydrogen-bond donors (Lipinski definition) is 2. The van der Waals surface area contributed by atoms with Gasteiger partial charge in [0.05, 0.1) is 11.3 Å². The smallest absolute Gasteiger partial charge is 0.340 e. The molecule has 9 heteroatoms. The fourth-order valence-corrected chi connectivity index (χ4v) is 3.54. The predicted molar refractivity (Wildman–Crippen MR) is 132 cm³/mol. The van der Waals surface area contributed by atoms with Crippen molar-refractivity contribution in [2.45, 2.75) is 13.5 Å². The van der Waals surface area contributed by atoms with E-state index in [1.807, 2.05) is 0 Å². The molecule has 0 aliphatic rings. The lowest BCUT2D eigenvalue weighted by Crippen LogP contribution is -2.16. The van der Waals surface area contributed by atoms with Gasteiger partial charge in [0.1, 0.15) is 12.2 Å². The minimum absolute atomic E-state index is 0.148. The molecule has 4 aromatic rings. The first-order valence-corrected chi connectivity index (χ1v) is 10.9. The van der Waals surface area contributed by atoms with E-state index in [0.717, 1.165) is 0 Å². The first-order valence-electron chi connectivity index (χ1n) is 10.5. The molecule has 0 aliphatic carbocycles. The Bertz CT molecular complexity index is 1490. The molecule has 35 heavy (non-hydrogen) atoms. The van der Waals surface area contributed by atoms with E-state index in [4.69, 9.17) is 20.8 Å². The Morgan fingerprint density at radius 2 is 1.69 bits per heavy atom. The van der Waals surface area contributed by atoms with Crippen LogP contribution in [0.5, 0.6) is 0 Å². The third-order valence-corrected chi connectivity index (χ3v) is 5.26. The molecule has 4 rings (SSSR count). The van der Waals surface area contributed by atoms with Gasteiger partial charge in [-0.3, -0.25) is 9.59 Å². The largest absolute Gasteiger partial charge is 0.457 e. The molecule has 0 saturated carbocycles. The highest BCUT2D eigenvalue weighted by molar-refractivity contribution is 6.30. The second-order valence-corrected chi connectivity index (χ2v) is 8.00. The van der Waals surface area contributed by atoms with Crippen LogP contribution in [-0.2, 0) is 16.1 Å². The quantitative estimate of drug-likeness (QED) is 0.290. The molecule has 0 unspecified atom stereocenters. The summed E-state index contributed by atoms with van der Waals surface area (Å²) in [6, 6.07) is 18.8. The van der Waals surface area contributed by atoms with Crippen LogP contribution in [0.2, 0.25) is 5.02 Å². The van der Waals surface area contributed by atoms with E-state index < -0.39 is 17.5 Å². The summed E-state index contributed by atoms with van der Waals surface area (Å²) in [6.07, 6.45) is 0. The zero-order valence-electron chi connectivity index (χ0n) is 18.5. The fourth-order valence-electron chi connectivity index (χ4n) is 3.42. The monoisotopic (exact) mass is 490 g/mol. The van der Waals surface area contributed by atoms with Crippen LogP contribution in [0, 0.1) is 0 Å². The van der Waals surface area contributed by atoms with Gasteiger partial charge in [0.15, 0.2) is 0 Å². The summed E-state index contributed by atoms with van der Waals surface area (Å²) in [5, 5.41) is 6.37. The minimum atomic E-state index is -0.687. The number of carbonyl (C=O) groups excluding carboxylic acids is 3. The van der Waals surface area contributed by atoms with Crippen LogP contribution in [0.1, 0.15) is 33.2 Å². The molecule has 0 spiro atoms. The van der Waals surface area contributed by atoms with Crippen molar-refractivity contribution in [3.8, 4) is 0 Å². The number of anilines is 2. The first kappa shape index (κ1) is 23.7. The Morgan fingerprint density at radius 3 is 2.43 bits per heavy atom. The van der Waals surface area contributed by atoms with Gasteiger partial charge in [0.25, 0.3) is 5.91 Å². The molecule has 1 heterocycles. The van der Waals surface area contributed by atoms with Crippen LogP contribution >= 0.6 is 11.6 Å². The summed E-state index contributed by atoms with van der Waals surface area (Å²) in [6.45, 7) is 1.16. The van der Waals surface area contributed by atoms with Gasteiger partial charge in [-0.15, -0.1) is 0 Å². The number of carbonyl (C=O) groups is 3. The van der Waals surface area contributed by atoms with Gasteiger partial charge in [0.2, 0.25) is 5.91 Å². The van der Waals surface area contributed by atoms with E-state index in [0.29, 0.717) is 27.2 Å². The number of para-hydroxylation sites is 1. The number of fused-ring (bicyclic) bond motifs is 1. The van der Waals surface area contributed by atoms with Gasteiger partial charge in [-0.25, -0.2) is 9.59 Å². The van der Waals surface area contributed by atoms with E-state index in [9.17, 15) is 19.2 Å². The molecule has 3 aromatic carbocycles. The number of halogens is 1. The summed E-state index contributed by atoms with van der Waals surface area (Å²) in [4.78, 5) is 48.8. The molecule has 2 N–H and O–H groups in total. The van der Waals surface area contributed by atoms with Crippen LogP contribution in [0.4, 0.5) is 11.4 Å². The fraction of sp³-hybridized carbons (Fsp3) is 0.0769. The van der Waals surface area contributed by atoms with Gasteiger partial charge in [0, 0.05) is 46.3 Å². The zero-order valence-corrected chi connectivity index (χ0v) is 19.2. The van der Waals surface area contributed by atoms with E-state index in [-0.39, 0.29) is 29.3 Å². The van der Waals surface area contributed by atoms with E-state index in [2.05, 4.69) is 10.6 Å². The molecule has 0 aliphatic heterocycles. The molecule has 8 nitrogen and oxygen atoms in total. The van der Waals surface area contributed by atoms with Crippen LogP contribution in [0.25, 0.3) is 11.0 Å². The van der Waals surface area contributed by atoms with Crippen molar-refractivity contribution < 1.29 is 23.5 Å². The maximum atomic E-state index is 12.9. The molecule has 0 atom stereocenters.